The van der Waals surface area contributed by atoms with Crippen LogP contribution >= 0.6 is 11.3 Å². The molecular weight excluding hydrogens is 308 g/mol. The lowest BCUT2D eigenvalue weighted by Crippen LogP contribution is -2.54. The van der Waals surface area contributed by atoms with Crippen LogP contribution in [0.1, 0.15) is 22.5 Å². The maximum Gasteiger partial charge on any atom is 0.261 e. The Kier molecular flexibility index (Phi) is 3.43. The Bertz CT molecular complexity index is 867. The summed E-state index contributed by atoms with van der Waals surface area (Å²) in [4.78, 5) is 14.2. The van der Waals surface area contributed by atoms with Gasteiger partial charge in [0.2, 0.25) is 0 Å². The molecule has 1 saturated carbocycles. The van der Waals surface area contributed by atoms with Crippen LogP contribution in [0.2, 0.25) is 0 Å². The predicted octanol–water partition coefficient (Wildman–Crippen LogP) is 2.52. The lowest BCUT2D eigenvalue weighted by Gasteiger charge is -2.33. The Morgan fingerprint density at radius 2 is 2.13 bits per heavy atom. The first-order valence-electron chi connectivity index (χ1n) is 7.72. The van der Waals surface area contributed by atoms with E-state index >= 15 is 0 Å². The van der Waals surface area contributed by atoms with Crippen LogP contribution in [0.15, 0.2) is 36.4 Å². The zero-order valence-electron chi connectivity index (χ0n) is 12.8. The van der Waals surface area contributed by atoms with E-state index in [1.807, 2.05) is 48.1 Å². The van der Waals surface area contributed by atoms with Crippen molar-refractivity contribution in [1.29, 1.82) is 0 Å². The minimum absolute atomic E-state index is 0.0367. The summed E-state index contributed by atoms with van der Waals surface area (Å²) >= 11 is 1.47. The molecule has 1 aromatic carbocycles. The molecule has 0 spiro atoms. The fourth-order valence-electron chi connectivity index (χ4n) is 2.91. The van der Waals surface area contributed by atoms with Gasteiger partial charge in [-0.2, -0.15) is 5.10 Å². The highest BCUT2D eigenvalue weighted by atomic mass is 32.1. The molecule has 5 nitrogen and oxygen atoms in total. The number of thiophene rings is 1. The molecular formula is C17H18N4OS. The SMILES string of the molecule is Cn1nc(-c2ccccc2)c2cc(C(=O)N[C@@H]3CC[C@@H]3N)sc21. The molecule has 0 saturated heterocycles. The molecule has 0 aliphatic heterocycles. The van der Waals surface area contributed by atoms with E-state index in [9.17, 15) is 4.79 Å². The second kappa shape index (κ2) is 5.47. The smallest absolute Gasteiger partial charge is 0.261 e. The number of amides is 1. The van der Waals surface area contributed by atoms with Gasteiger partial charge in [0.15, 0.2) is 0 Å². The highest BCUT2D eigenvalue weighted by Gasteiger charge is 2.29. The lowest BCUT2D eigenvalue weighted by molar-refractivity contribution is 0.0910. The third kappa shape index (κ3) is 2.44. The van der Waals surface area contributed by atoms with Crippen LogP contribution in [0.25, 0.3) is 21.5 Å². The molecule has 2 atom stereocenters. The number of benzene rings is 1. The molecule has 0 radical (unpaired) electrons. The van der Waals surface area contributed by atoms with Crippen molar-refractivity contribution in [3.8, 4) is 11.3 Å². The third-order valence-electron chi connectivity index (χ3n) is 4.43. The second-order valence-electron chi connectivity index (χ2n) is 5.99. The Morgan fingerprint density at radius 3 is 2.78 bits per heavy atom. The Hall–Kier alpha value is -2.18. The normalized spacial score (nSPS) is 20.4. The van der Waals surface area contributed by atoms with E-state index < -0.39 is 0 Å². The minimum Gasteiger partial charge on any atom is -0.347 e. The summed E-state index contributed by atoms with van der Waals surface area (Å²) in [7, 11) is 1.91. The van der Waals surface area contributed by atoms with Gasteiger partial charge in [-0.1, -0.05) is 30.3 Å². The maximum atomic E-state index is 12.4. The Balaban J connectivity index is 1.69. The summed E-state index contributed by atoms with van der Waals surface area (Å²) in [5.74, 6) is -0.0367. The number of rotatable bonds is 3. The van der Waals surface area contributed by atoms with Crippen molar-refractivity contribution in [3.63, 3.8) is 0 Å². The highest BCUT2D eigenvalue weighted by Crippen LogP contribution is 2.33. The first-order valence-corrected chi connectivity index (χ1v) is 8.53. The van der Waals surface area contributed by atoms with E-state index in [-0.39, 0.29) is 18.0 Å². The number of fused-ring (bicyclic) bond motifs is 1. The second-order valence-corrected chi connectivity index (χ2v) is 7.02. The molecule has 3 N–H and O–H groups in total. The molecule has 2 aromatic heterocycles. The molecule has 23 heavy (non-hydrogen) atoms. The molecule has 3 aromatic rings. The van der Waals surface area contributed by atoms with Crippen LogP contribution in [0, 0.1) is 0 Å². The summed E-state index contributed by atoms with van der Waals surface area (Å²) < 4.78 is 1.84. The van der Waals surface area contributed by atoms with Gasteiger partial charge in [-0.05, 0) is 18.9 Å². The van der Waals surface area contributed by atoms with E-state index in [0.717, 1.165) is 34.3 Å². The van der Waals surface area contributed by atoms with Crippen LogP contribution in [0.3, 0.4) is 0 Å². The van der Waals surface area contributed by atoms with Crippen LogP contribution < -0.4 is 11.1 Å². The number of nitrogens with one attached hydrogen (secondary N) is 1. The molecule has 1 amide bonds. The molecule has 118 valence electrons. The number of aromatic nitrogens is 2. The number of nitrogens with two attached hydrogens (primary N) is 1. The van der Waals surface area contributed by atoms with Crippen molar-refractivity contribution < 1.29 is 4.79 Å². The van der Waals surface area contributed by atoms with E-state index in [4.69, 9.17) is 5.73 Å². The highest BCUT2D eigenvalue weighted by molar-refractivity contribution is 7.20. The quantitative estimate of drug-likeness (QED) is 0.777. The van der Waals surface area contributed by atoms with Crippen molar-refractivity contribution >= 4 is 27.5 Å². The van der Waals surface area contributed by atoms with Crippen molar-refractivity contribution in [1.82, 2.24) is 15.1 Å². The lowest BCUT2D eigenvalue weighted by atomic mass is 9.87. The van der Waals surface area contributed by atoms with Crippen LogP contribution in [-0.2, 0) is 7.05 Å². The molecule has 0 bridgehead atoms. The minimum atomic E-state index is -0.0367. The third-order valence-corrected chi connectivity index (χ3v) is 5.63. The zero-order chi connectivity index (χ0) is 16.0. The van der Waals surface area contributed by atoms with Crippen molar-refractivity contribution in [2.45, 2.75) is 24.9 Å². The summed E-state index contributed by atoms with van der Waals surface area (Å²) in [6.45, 7) is 0. The zero-order valence-corrected chi connectivity index (χ0v) is 13.6. The Labute approximate surface area is 138 Å². The van der Waals surface area contributed by atoms with Crippen LogP contribution in [-0.4, -0.2) is 27.8 Å². The summed E-state index contributed by atoms with van der Waals surface area (Å²) in [6.07, 6.45) is 1.95. The predicted molar refractivity (Wildman–Crippen MR) is 92.5 cm³/mol. The fourth-order valence-corrected chi connectivity index (χ4v) is 3.88. The fraction of sp³-hybridized carbons (Fsp3) is 0.294. The van der Waals surface area contributed by atoms with E-state index in [1.165, 1.54) is 11.3 Å². The molecule has 1 fully saturated rings. The largest absolute Gasteiger partial charge is 0.347 e. The van der Waals surface area contributed by atoms with E-state index in [2.05, 4.69) is 10.4 Å². The van der Waals surface area contributed by atoms with Crippen molar-refractivity contribution in [2.24, 2.45) is 12.8 Å². The van der Waals surface area contributed by atoms with E-state index in [0.29, 0.717) is 4.88 Å². The van der Waals surface area contributed by atoms with E-state index in [1.54, 1.807) is 0 Å². The van der Waals surface area contributed by atoms with Gasteiger partial charge in [-0.15, -0.1) is 11.3 Å². The number of nitrogens with zero attached hydrogens (tertiary/aromatic N) is 2. The summed E-state index contributed by atoms with van der Waals surface area (Å²) in [5, 5.41) is 8.64. The summed E-state index contributed by atoms with van der Waals surface area (Å²) in [6, 6.07) is 12.2. The van der Waals surface area contributed by atoms with Gasteiger partial charge < -0.3 is 11.1 Å². The van der Waals surface area contributed by atoms with Crippen LogP contribution in [0.4, 0.5) is 0 Å². The molecule has 6 heteroatoms. The van der Waals surface area contributed by atoms with Gasteiger partial charge in [0, 0.05) is 30.1 Å². The van der Waals surface area contributed by atoms with Crippen molar-refractivity contribution in [2.75, 3.05) is 0 Å². The first kappa shape index (κ1) is 14.4. The number of aryl methyl sites for hydroxylation is 1. The topological polar surface area (TPSA) is 72.9 Å². The van der Waals surface area contributed by atoms with Gasteiger partial charge in [-0.25, -0.2) is 0 Å². The molecule has 1 aliphatic carbocycles. The standard InChI is InChI=1S/C17H18N4OS/c1-21-17-11(15(20-21)10-5-3-2-4-6-10)9-14(23-17)16(22)19-13-8-7-12(13)18/h2-6,9,12-13H,7-8,18H2,1H3,(H,19,22)/t12-,13+/m0/s1. The van der Waals surface area contributed by atoms with Gasteiger partial charge in [0.1, 0.15) is 10.5 Å². The number of hydrogen-bond acceptors (Lipinski definition) is 4. The van der Waals surface area contributed by atoms with Gasteiger partial charge in [-0.3, -0.25) is 9.48 Å². The monoisotopic (exact) mass is 326 g/mol. The maximum absolute atomic E-state index is 12.4. The Morgan fingerprint density at radius 1 is 1.35 bits per heavy atom. The summed E-state index contributed by atoms with van der Waals surface area (Å²) in [5.41, 5.74) is 7.88. The molecule has 2 heterocycles. The van der Waals surface area contributed by atoms with Crippen molar-refractivity contribution in [3.05, 3.63) is 41.3 Å². The van der Waals surface area contributed by atoms with Gasteiger partial charge in [0.25, 0.3) is 5.91 Å². The average molecular weight is 326 g/mol. The van der Waals surface area contributed by atoms with Crippen LogP contribution in [0.5, 0.6) is 0 Å². The average Bonchev–Trinajstić information content (AvgIpc) is 3.13. The number of hydrogen-bond donors (Lipinski definition) is 2. The number of carbonyl (C=O) groups is 1. The number of carbonyl (C=O) groups excluding carboxylic acids is 1. The molecule has 1 aliphatic rings. The molecule has 4 rings (SSSR count). The van der Waals surface area contributed by atoms with Gasteiger partial charge >= 0.3 is 0 Å². The first-order chi connectivity index (χ1) is 11.1. The molecule has 0 unspecified atom stereocenters. The van der Waals surface area contributed by atoms with Gasteiger partial charge in [0.05, 0.1) is 4.88 Å².